The fourth-order valence-electron chi connectivity index (χ4n) is 1.40. The number of rotatable bonds is 4. The topological polar surface area (TPSA) is 83.0 Å². The third kappa shape index (κ3) is 3.41. The lowest BCUT2D eigenvalue weighted by Crippen LogP contribution is -2.05. The summed E-state index contributed by atoms with van der Waals surface area (Å²) in [6, 6.07) is 5.21. The number of aromatic amines is 1. The van der Waals surface area contributed by atoms with Gasteiger partial charge >= 0.3 is 5.97 Å². The van der Waals surface area contributed by atoms with Crippen molar-refractivity contribution in [3.8, 4) is 0 Å². The molecular formula is C12H9FN2O3S. The molecule has 0 amide bonds. The van der Waals surface area contributed by atoms with Gasteiger partial charge in [0.25, 0.3) is 5.56 Å². The van der Waals surface area contributed by atoms with Crippen LogP contribution in [0.25, 0.3) is 0 Å². The number of H-pyrrole nitrogens is 1. The molecule has 0 radical (unpaired) electrons. The van der Waals surface area contributed by atoms with Crippen LogP contribution < -0.4 is 5.56 Å². The van der Waals surface area contributed by atoms with Crippen LogP contribution in [0.5, 0.6) is 0 Å². The summed E-state index contributed by atoms with van der Waals surface area (Å²) in [6.07, 6.45) is 1.38. The molecule has 0 aliphatic rings. The van der Waals surface area contributed by atoms with Gasteiger partial charge in [0.15, 0.2) is 5.16 Å². The van der Waals surface area contributed by atoms with E-state index in [1.807, 2.05) is 0 Å². The minimum absolute atomic E-state index is 0.259. The number of carboxylic acid groups (broad SMARTS) is 1. The van der Waals surface area contributed by atoms with E-state index in [1.165, 1.54) is 36.2 Å². The maximum Gasteiger partial charge on any atom is 0.338 e. The van der Waals surface area contributed by atoms with Gasteiger partial charge in [-0.25, -0.2) is 14.2 Å². The third-order valence-electron chi connectivity index (χ3n) is 2.29. The second-order valence-corrected chi connectivity index (χ2v) is 4.61. The quantitative estimate of drug-likeness (QED) is 0.660. The Hall–Kier alpha value is -2.15. The number of benzene rings is 1. The normalized spacial score (nSPS) is 10.4. The molecule has 0 saturated carbocycles. The number of nitrogens with one attached hydrogen (secondary N) is 1. The molecule has 0 aliphatic heterocycles. The van der Waals surface area contributed by atoms with Crippen LogP contribution in [0, 0.1) is 5.82 Å². The summed E-state index contributed by atoms with van der Waals surface area (Å²) in [6.45, 7) is 0. The smallest absolute Gasteiger partial charge is 0.338 e. The highest BCUT2D eigenvalue weighted by Gasteiger charge is 2.10. The second kappa shape index (κ2) is 5.66. The van der Waals surface area contributed by atoms with Gasteiger partial charge in [-0.15, -0.1) is 0 Å². The first-order chi connectivity index (χ1) is 9.06. The zero-order valence-corrected chi connectivity index (χ0v) is 10.4. The van der Waals surface area contributed by atoms with E-state index in [0.717, 1.165) is 6.07 Å². The van der Waals surface area contributed by atoms with Crippen molar-refractivity contribution in [3.63, 3.8) is 0 Å². The molecule has 0 bridgehead atoms. The Morgan fingerprint density at radius 3 is 2.84 bits per heavy atom. The van der Waals surface area contributed by atoms with E-state index >= 15 is 0 Å². The van der Waals surface area contributed by atoms with Crippen LogP contribution in [-0.2, 0) is 5.75 Å². The molecule has 1 heterocycles. The molecule has 1 aromatic heterocycles. The lowest BCUT2D eigenvalue weighted by molar-refractivity contribution is 0.0692. The van der Waals surface area contributed by atoms with Gasteiger partial charge in [-0.2, -0.15) is 0 Å². The Morgan fingerprint density at radius 1 is 1.42 bits per heavy atom. The molecule has 2 aromatic rings. The third-order valence-corrected chi connectivity index (χ3v) is 3.25. The molecule has 0 fully saturated rings. The van der Waals surface area contributed by atoms with Crippen LogP contribution in [0.1, 0.15) is 15.9 Å². The van der Waals surface area contributed by atoms with Gasteiger partial charge in [0, 0.05) is 18.0 Å². The number of hydrogen-bond acceptors (Lipinski definition) is 4. The lowest BCUT2D eigenvalue weighted by Gasteiger charge is -2.03. The predicted molar refractivity (Wildman–Crippen MR) is 67.8 cm³/mol. The number of carbonyl (C=O) groups is 1. The zero-order valence-electron chi connectivity index (χ0n) is 9.59. The largest absolute Gasteiger partial charge is 0.478 e. The first-order valence-electron chi connectivity index (χ1n) is 5.26. The molecule has 2 N–H and O–H groups in total. The first-order valence-corrected chi connectivity index (χ1v) is 6.24. The first kappa shape index (κ1) is 13.3. The van der Waals surface area contributed by atoms with E-state index in [2.05, 4.69) is 9.97 Å². The van der Waals surface area contributed by atoms with E-state index < -0.39 is 11.8 Å². The van der Waals surface area contributed by atoms with Crippen LogP contribution in [0.3, 0.4) is 0 Å². The number of hydrogen-bond donors (Lipinski definition) is 2. The molecule has 0 aliphatic carbocycles. The highest BCUT2D eigenvalue weighted by Crippen LogP contribution is 2.19. The Kier molecular flexibility index (Phi) is 3.96. The Balaban J connectivity index is 2.10. The minimum atomic E-state index is -1.30. The fraction of sp³-hybridized carbons (Fsp3) is 0.0833. The summed E-state index contributed by atoms with van der Waals surface area (Å²) in [5.41, 5.74) is -0.0103. The average molecular weight is 280 g/mol. The van der Waals surface area contributed by atoms with Gasteiger partial charge in [0.1, 0.15) is 5.82 Å². The van der Waals surface area contributed by atoms with E-state index in [1.54, 1.807) is 0 Å². The van der Waals surface area contributed by atoms with Crippen molar-refractivity contribution in [1.82, 2.24) is 9.97 Å². The molecule has 1 aromatic carbocycles. The minimum Gasteiger partial charge on any atom is -0.478 e. The Labute approximate surface area is 111 Å². The van der Waals surface area contributed by atoms with E-state index in [-0.39, 0.29) is 11.1 Å². The van der Waals surface area contributed by atoms with Crippen LogP contribution in [-0.4, -0.2) is 21.0 Å². The standard InChI is InChI=1S/C12H9FN2O3S/c13-9-5-7(1-2-8(9)11(17)18)6-19-12-14-4-3-10(16)15-12/h1-5H,6H2,(H,17,18)(H,14,15,16). The Morgan fingerprint density at radius 2 is 2.21 bits per heavy atom. The molecule has 5 nitrogen and oxygen atoms in total. The van der Waals surface area contributed by atoms with Crippen molar-refractivity contribution in [2.75, 3.05) is 0 Å². The summed E-state index contributed by atoms with van der Waals surface area (Å²) in [5, 5.41) is 9.13. The highest BCUT2D eigenvalue weighted by atomic mass is 32.2. The maximum absolute atomic E-state index is 13.4. The number of carboxylic acids is 1. The number of aromatic carboxylic acids is 1. The van der Waals surface area contributed by atoms with Gasteiger partial charge in [-0.3, -0.25) is 4.79 Å². The van der Waals surface area contributed by atoms with Gasteiger partial charge in [0.2, 0.25) is 0 Å². The lowest BCUT2D eigenvalue weighted by atomic mass is 10.1. The number of aromatic nitrogens is 2. The molecule has 0 spiro atoms. The molecule has 2 rings (SSSR count). The van der Waals surface area contributed by atoms with Crippen LogP contribution in [0.15, 0.2) is 40.4 Å². The number of halogens is 1. The SMILES string of the molecule is O=C(O)c1ccc(CSc2nccc(=O)[nH]2)cc1F. The predicted octanol–water partition coefficient (Wildman–Crippen LogP) is 1.90. The van der Waals surface area contributed by atoms with E-state index in [9.17, 15) is 14.0 Å². The monoisotopic (exact) mass is 280 g/mol. The summed E-state index contributed by atoms with van der Waals surface area (Å²) in [7, 11) is 0. The van der Waals surface area contributed by atoms with Crippen molar-refractivity contribution in [2.45, 2.75) is 10.9 Å². The summed E-state index contributed by atoms with van der Waals surface area (Å²) in [5.74, 6) is -1.70. The van der Waals surface area contributed by atoms with Crippen molar-refractivity contribution < 1.29 is 14.3 Å². The summed E-state index contributed by atoms with van der Waals surface area (Å²) in [4.78, 5) is 28.2. The van der Waals surface area contributed by atoms with Crippen molar-refractivity contribution in [2.24, 2.45) is 0 Å². The number of thioether (sulfide) groups is 1. The molecule has 0 saturated heterocycles. The van der Waals surface area contributed by atoms with Gasteiger partial charge in [0.05, 0.1) is 5.56 Å². The van der Waals surface area contributed by atoms with Crippen LogP contribution in [0.4, 0.5) is 4.39 Å². The van der Waals surface area contributed by atoms with Crippen LogP contribution in [0.2, 0.25) is 0 Å². The molecule has 7 heteroatoms. The molecule has 19 heavy (non-hydrogen) atoms. The average Bonchev–Trinajstić information content (AvgIpc) is 2.36. The zero-order chi connectivity index (χ0) is 13.8. The molecule has 0 unspecified atom stereocenters. The fourth-order valence-corrected chi connectivity index (χ4v) is 2.19. The number of nitrogens with zero attached hydrogens (tertiary/aromatic N) is 1. The summed E-state index contributed by atoms with van der Waals surface area (Å²) >= 11 is 1.23. The Bertz CT molecular complexity index is 672. The maximum atomic E-state index is 13.4. The van der Waals surface area contributed by atoms with Crippen LogP contribution >= 0.6 is 11.8 Å². The van der Waals surface area contributed by atoms with Gasteiger partial charge in [-0.05, 0) is 17.7 Å². The van der Waals surface area contributed by atoms with Gasteiger partial charge < -0.3 is 10.1 Å². The molecule has 98 valence electrons. The molecule has 0 atom stereocenters. The van der Waals surface area contributed by atoms with Crippen molar-refractivity contribution in [3.05, 3.63) is 57.8 Å². The van der Waals surface area contributed by atoms with Crippen molar-refractivity contribution >= 4 is 17.7 Å². The van der Waals surface area contributed by atoms with Gasteiger partial charge in [-0.1, -0.05) is 17.8 Å². The molecular weight excluding hydrogens is 271 g/mol. The second-order valence-electron chi connectivity index (χ2n) is 3.65. The highest BCUT2D eigenvalue weighted by molar-refractivity contribution is 7.98. The van der Waals surface area contributed by atoms with E-state index in [0.29, 0.717) is 16.5 Å². The van der Waals surface area contributed by atoms with Crippen molar-refractivity contribution in [1.29, 1.82) is 0 Å². The summed E-state index contributed by atoms with van der Waals surface area (Å²) < 4.78 is 13.4. The van der Waals surface area contributed by atoms with E-state index in [4.69, 9.17) is 5.11 Å².